The van der Waals surface area contributed by atoms with E-state index in [4.69, 9.17) is 0 Å². The van der Waals surface area contributed by atoms with E-state index in [0.29, 0.717) is 10.9 Å². The molecule has 7 heteroatoms. The number of fused-ring (bicyclic) bond motifs is 1. The number of benzene rings is 2. The lowest BCUT2D eigenvalue weighted by Gasteiger charge is -2.14. The first-order valence-electron chi connectivity index (χ1n) is 7.16. The predicted molar refractivity (Wildman–Crippen MR) is 94.7 cm³/mol. The summed E-state index contributed by atoms with van der Waals surface area (Å²) in [6.45, 7) is 1.47. The first-order valence-corrected chi connectivity index (χ1v) is 9.40. The second-order valence-corrected chi connectivity index (χ2v) is 8.12. The average molecular weight is 408 g/mol. The van der Waals surface area contributed by atoms with Crippen molar-refractivity contribution in [3.8, 4) is 0 Å². The Morgan fingerprint density at radius 1 is 1.12 bits per heavy atom. The normalized spacial score (nSPS) is 13.1. The minimum atomic E-state index is -3.91. The standard InChI is InChI=1S/C17H14BrNO4S/c1-11(17(20)21)16-10-12-9-13(18)7-8-15(12)19(16)24(22,23)14-5-3-2-4-6-14/h2-11H,1H3,(H,20,21). The zero-order chi connectivity index (χ0) is 17.5. The van der Waals surface area contributed by atoms with Crippen molar-refractivity contribution in [1.82, 2.24) is 3.97 Å². The predicted octanol–water partition coefficient (Wildman–Crippen LogP) is 3.83. The van der Waals surface area contributed by atoms with Gasteiger partial charge in [0.25, 0.3) is 10.0 Å². The molecule has 3 rings (SSSR count). The second kappa shape index (κ2) is 6.07. The van der Waals surface area contributed by atoms with Crippen LogP contribution >= 0.6 is 15.9 Å². The third-order valence-electron chi connectivity index (χ3n) is 3.84. The molecule has 1 heterocycles. The molecule has 0 bridgehead atoms. The van der Waals surface area contributed by atoms with Gasteiger partial charge in [0.05, 0.1) is 16.3 Å². The number of aliphatic carboxylic acids is 1. The summed E-state index contributed by atoms with van der Waals surface area (Å²) in [6, 6.07) is 14.8. The van der Waals surface area contributed by atoms with Gasteiger partial charge in [0.1, 0.15) is 0 Å². The molecular formula is C17H14BrNO4S. The molecule has 0 saturated carbocycles. The first kappa shape index (κ1) is 16.7. The summed E-state index contributed by atoms with van der Waals surface area (Å²) in [5, 5.41) is 10.0. The highest BCUT2D eigenvalue weighted by Gasteiger charge is 2.28. The number of carboxylic acids is 1. The van der Waals surface area contributed by atoms with Crippen LogP contribution in [0.4, 0.5) is 0 Å². The molecule has 0 aliphatic carbocycles. The van der Waals surface area contributed by atoms with Crippen molar-refractivity contribution in [3.05, 3.63) is 64.8 Å². The molecule has 0 aliphatic heterocycles. The van der Waals surface area contributed by atoms with E-state index in [0.717, 1.165) is 8.45 Å². The van der Waals surface area contributed by atoms with Crippen LogP contribution in [0.25, 0.3) is 10.9 Å². The highest BCUT2D eigenvalue weighted by atomic mass is 79.9. The van der Waals surface area contributed by atoms with E-state index in [1.165, 1.54) is 19.1 Å². The van der Waals surface area contributed by atoms with E-state index >= 15 is 0 Å². The maximum Gasteiger partial charge on any atom is 0.312 e. The number of hydrogen-bond donors (Lipinski definition) is 1. The average Bonchev–Trinajstić information content (AvgIpc) is 2.93. The number of aromatic nitrogens is 1. The molecule has 0 amide bonds. The molecular weight excluding hydrogens is 394 g/mol. The van der Waals surface area contributed by atoms with Gasteiger partial charge >= 0.3 is 5.97 Å². The Labute approximate surface area is 147 Å². The SMILES string of the molecule is CC(C(=O)O)c1cc2cc(Br)ccc2n1S(=O)(=O)c1ccccc1. The number of rotatable bonds is 4. The molecule has 5 nitrogen and oxygen atoms in total. The lowest BCUT2D eigenvalue weighted by Crippen LogP contribution is -2.19. The molecule has 0 radical (unpaired) electrons. The minimum absolute atomic E-state index is 0.115. The van der Waals surface area contributed by atoms with Crippen molar-refractivity contribution in [2.45, 2.75) is 17.7 Å². The van der Waals surface area contributed by atoms with Crippen LogP contribution in [0, 0.1) is 0 Å². The Kier molecular flexibility index (Phi) is 4.23. The Bertz CT molecular complexity index is 1030. The van der Waals surface area contributed by atoms with E-state index in [9.17, 15) is 18.3 Å². The highest BCUT2D eigenvalue weighted by Crippen LogP contribution is 2.31. The van der Waals surface area contributed by atoms with Gasteiger partial charge in [0.2, 0.25) is 0 Å². The van der Waals surface area contributed by atoms with E-state index in [2.05, 4.69) is 15.9 Å². The number of hydrogen-bond acceptors (Lipinski definition) is 3. The Hall–Kier alpha value is -2.12. The molecule has 1 aromatic heterocycles. The van der Waals surface area contributed by atoms with Crippen molar-refractivity contribution in [1.29, 1.82) is 0 Å². The van der Waals surface area contributed by atoms with Crippen LogP contribution in [0.1, 0.15) is 18.5 Å². The van der Waals surface area contributed by atoms with Gasteiger partial charge in [0, 0.05) is 15.6 Å². The third kappa shape index (κ3) is 2.74. The molecule has 1 unspecified atom stereocenters. The molecule has 1 atom stereocenters. The van der Waals surface area contributed by atoms with Gasteiger partial charge < -0.3 is 5.11 Å². The summed E-state index contributed by atoms with van der Waals surface area (Å²) in [7, 11) is -3.91. The van der Waals surface area contributed by atoms with E-state index in [1.807, 2.05) is 0 Å². The van der Waals surface area contributed by atoms with Crippen LogP contribution in [-0.2, 0) is 14.8 Å². The lowest BCUT2D eigenvalue weighted by atomic mass is 10.1. The molecule has 3 aromatic rings. The van der Waals surface area contributed by atoms with Crippen LogP contribution in [0.15, 0.2) is 64.0 Å². The van der Waals surface area contributed by atoms with Gasteiger partial charge in [-0.15, -0.1) is 0 Å². The molecule has 1 N–H and O–H groups in total. The number of carboxylic acid groups (broad SMARTS) is 1. The van der Waals surface area contributed by atoms with Gasteiger partial charge in [-0.1, -0.05) is 34.1 Å². The van der Waals surface area contributed by atoms with Crippen LogP contribution in [-0.4, -0.2) is 23.5 Å². The van der Waals surface area contributed by atoms with Gasteiger partial charge in [0.15, 0.2) is 0 Å². The largest absolute Gasteiger partial charge is 0.481 e. The fourth-order valence-electron chi connectivity index (χ4n) is 2.58. The lowest BCUT2D eigenvalue weighted by molar-refractivity contribution is -0.138. The monoisotopic (exact) mass is 407 g/mol. The smallest absolute Gasteiger partial charge is 0.312 e. The molecule has 24 heavy (non-hydrogen) atoms. The zero-order valence-corrected chi connectivity index (χ0v) is 15.1. The summed E-state index contributed by atoms with van der Waals surface area (Å²) in [6.07, 6.45) is 0. The van der Waals surface area contributed by atoms with Crippen LogP contribution in [0.2, 0.25) is 0 Å². The number of nitrogens with zero attached hydrogens (tertiary/aromatic N) is 1. The molecule has 0 fully saturated rings. The van der Waals surface area contributed by atoms with Crippen molar-refractivity contribution in [2.75, 3.05) is 0 Å². The quantitative estimate of drug-likeness (QED) is 0.712. The fraction of sp³-hybridized carbons (Fsp3) is 0.118. The summed E-state index contributed by atoms with van der Waals surface area (Å²) in [5.41, 5.74) is 0.671. The minimum Gasteiger partial charge on any atom is -0.481 e. The topological polar surface area (TPSA) is 76.4 Å². The molecule has 0 saturated heterocycles. The van der Waals surface area contributed by atoms with Crippen molar-refractivity contribution in [3.63, 3.8) is 0 Å². The van der Waals surface area contributed by atoms with Crippen molar-refractivity contribution in [2.24, 2.45) is 0 Å². The van der Waals surface area contributed by atoms with Gasteiger partial charge in [-0.25, -0.2) is 12.4 Å². The molecule has 0 aliphatic rings. The Morgan fingerprint density at radius 3 is 2.42 bits per heavy atom. The summed E-state index contributed by atoms with van der Waals surface area (Å²) >= 11 is 3.35. The van der Waals surface area contributed by atoms with Gasteiger partial charge in [-0.3, -0.25) is 4.79 Å². The molecule has 2 aromatic carbocycles. The van der Waals surface area contributed by atoms with E-state index in [1.54, 1.807) is 42.5 Å². The Morgan fingerprint density at radius 2 is 1.79 bits per heavy atom. The summed E-state index contributed by atoms with van der Waals surface area (Å²) in [4.78, 5) is 11.6. The zero-order valence-electron chi connectivity index (χ0n) is 12.7. The van der Waals surface area contributed by atoms with E-state index < -0.39 is 21.9 Å². The highest BCUT2D eigenvalue weighted by molar-refractivity contribution is 9.10. The number of halogens is 1. The fourth-order valence-corrected chi connectivity index (χ4v) is 4.58. The summed E-state index contributed by atoms with van der Waals surface area (Å²) < 4.78 is 28.1. The van der Waals surface area contributed by atoms with Crippen LogP contribution in [0.3, 0.4) is 0 Å². The molecule has 124 valence electrons. The maximum absolute atomic E-state index is 13.1. The van der Waals surface area contributed by atoms with Crippen LogP contribution in [0.5, 0.6) is 0 Å². The van der Waals surface area contributed by atoms with Gasteiger partial charge in [-0.05, 0) is 43.3 Å². The maximum atomic E-state index is 13.1. The van der Waals surface area contributed by atoms with Crippen molar-refractivity contribution < 1.29 is 18.3 Å². The number of carbonyl (C=O) groups is 1. The van der Waals surface area contributed by atoms with Crippen molar-refractivity contribution >= 4 is 42.8 Å². The van der Waals surface area contributed by atoms with Crippen LogP contribution < -0.4 is 0 Å². The van der Waals surface area contributed by atoms with E-state index in [-0.39, 0.29) is 10.6 Å². The second-order valence-electron chi connectivity index (χ2n) is 5.41. The third-order valence-corrected chi connectivity index (χ3v) is 6.09. The summed E-state index contributed by atoms with van der Waals surface area (Å²) in [5.74, 6) is -2.05. The first-order chi connectivity index (χ1) is 11.3. The van der Waals surface area contributed by atoms with Gasteiger partial charge in [-0.2, -0.15) is 0 Å². The Balaban J connectivity index is 2.37. The molecule has 0 spiro atoms.